The Morgan fingerprint density at radius 3 is 2.28 bits per heavy atom. The lowest BCUT2D eigenvalue weighted by atomic mass is 10.3. The van der Waals surface area contributed by atoms with Crippen molar-refractivity contribution in [2.45, 2.75) is 11.5 Å². The van der Waals surface area contributed by atoms with Gasteiger partial charge in [-0.3, -0.25) is 0 Å². The van der Waals surface area contributed by atoms with Crippen molar-refractivity contribution in [2.24, 2.45) is 0 Å². The molecule has 2 N–H and O–H groups in total. The summed E-state index contributed by atoms with van der Waals surface area (Å²) >= 11 is 6.78. The molecule has 2 atom stereocenters. The summed E-state index contributed by atoms with van der Waals surface area (Å²) in [4.78, 5) is 0. The van der Waals surface area contributed by atoms with Gasteiger partial charge in [0, 0.05) is 11.9 Å². The lowest BCUT2D eigenvalue weighted by Crippen LogP contribution is -2.22. The molecule has 4 nitrogen and oxygen atoms in total. The molecule has 0 bridgehead atoms. The molecule has 2 aromatic rings. The van der Waals surface area contributed by atoms with Crippen LogP contribution in [0.15, 0.2) is 54.6 Å². The van der Waals surface area contributed by atoms with E-state index in [4.69, 9.17) is 31.3 Å². The SMILES string of the molecule is OCCOCCC(Cl)P(c1ccccc1)c1ccccc1OCCO. The Balaban J connectivity index is 2.26. The van der Waals surface area contributed by atoms with Crippen LogP contribution in [0, 0.1) is 0 Å². The van der Waals surface area contributed by atoms with Crippen LogP contribution in [0.4, 0.5) is 0 Å². The molecule has 0 heterocycles. The smallest absolute Gasteiger partial charge is 0.127 e. The highest BCUT2D eigenvalue weighted by Gasteiger charge is 2.25. The zero-order chi connectivity index (χ0) is 17.9. The molecule has 6 heteroatoms. The normalized spacial score (nSPS) is 13.4. The van der Waals surface area contributed by atoms with E-state index in [1.807, 2.05) is 42.5 Å². The Morgan fingerprint density at radius 2 is 1.56 bits per heavy atom. The fraction of sp³-hybridized carbons (Fsp3) is 0.368. The van der Waals surface area contributed by atoms with E-state index in [-0.39, 0.29) is 24.9 Å². The van der Waals surface area contributed by atoms with Gasteiger partial charge in [-0.25, -0.2) is 0 Å². The standard InChI is InChI=1S/C19H24ClO4P/c20-19(10-13-23-14-11-21)25(16-6-2-1-3-7-16)18-9-5-4-8-17(18)24-15-12-22/h1-9,19,21-22H,10-15H2. The van der Waals surface area contributed by atoms with Gasteiger partial charge in [0.1, 0.15) is 12.4 Å². The summed E-state index contributed by atoms with van der Waals surface area (Å²) in [6.45, 7) is 1.06. The number of aliphatic hydroxyl groups excluding tert-OH is 2. The summed E-state index contributed by atoms with van der Waals surface area (Å²) in [6.07, 6.45) is 0.677. The summed E-state index contributed by atoms with van der Waals surface area (Å²) in [6, 6.07) is 18.0. The number of benzene rings is 2. The average Bonchev–Trinajstić information content (AvgIpc) is 2.65. The van der Waals surface area contributed by atoms with E-state index in [0.29, 0.717) is 19.6 Å². The zero-order valence-corrected chi connectivity index (χ0v) is 15.7. The summed E-state index contributed by atoms with van der Waals surface area (Å²) in [5.41, 5.74) is 0. The highest BCUT2D eigenvalue weighted by Crippen LogP contribution is 2.45. The Morgan fingerprint density at radius 1 is 0.880 bits per heavy atom. The van der Waals surface area contributed by atoms with E-state index in [1.54, 1.807) is 0 Å². The third kappa shape index (κ3) is 6.25. The van der Waals surface area contributed by atoms with Gasteiger partial charge in [0.15, 0.2) is 0 Å². The van der Waals surface area contributed by atoms with Crippen LogP contribution in [0.2, 0.25) is 0 Å². The van der Waals surface area contributed by atoms with Gasteiger partial charge in [0.25, 0.3) is 0 Å². The van der Waals surface area contributed by atoms with Crippen LogP contribution >= 0.6 is 19.5 Å². The number of hydrogen-bond donors (Lipinski definition) is 2. The Hall–Kier alpha value is -1.16. The molecule has 0 aromatic heterocycles. The molecular weight excluding hydrogens is 359 g/mol. The molecule has 136 valence electrons. The predicted octanol–water partition coefficient (Wildman–Crippen LogP) is 2.45. The first-order valence-electron chi connectivity index (χ1n) is 8.27. The lowest BCUT2D eigenvalue weighted by molar-refractivity contribution is 0.0923. The molecule has 0 saturated carbocycles. The molecule has 0 spiro atoms. The first-order chi connectivity index (χ1) is 12.3. The molecule has 0 aliphatic heterocycles. The van der Waals surface area contributed by atoms with Crippen LogP contribution in [0.5, 0.6) is 5.75 Å². The van der Waals surface area contributed by atoms with Gasteiger partial charge in [-0.05, 0) is 25.7 Å². The maximum Gasteiger partial charge on any atom is 0.127 e. The van der Waals surface area contributed by atoms with E-state index >= 15 is 0 Å². The fourth-order valence-corrected chi connectivity index (χ4v) is 5.58. The van der Waals surface area contributed by atoms with E-state index < -0.39 is 7.92 Å². The van der Waals surface area contributed by atoms with Gasteiger partial charge in [0.05, 0.1) is 24.9 Å². The van der Waals surface area contributed by atoms with Crippen molar-refractivity contribution < 1.29 is 19.7 Å². The van der Waals surface area contributed by atoms with Gasteiger partial charge in [-0.2, -0.15) is 0 Å². The second kappa shape index (κ2) is 11.5. The van der Waals surface area contributed by atoms with Crippen molar-refractivity contribution >= 4 is 30.1 Å². The van der Waals surface area contributed by atoms with Crippen LogP contribution < -0.4 is 15.3 Å². The highest BCUT2D eigenvalue weighted by atomic mass is 35.5. The van der Waals surface area contributed by atoms with Crippen molar-refractivity contribution in [3.63, 3.8) is 0 Å². The molecule has 25 heavy (non-hydrogen) atoms. The number of aliphatic hydroxyl groups is 2. The van der Waals surface area contributed by atoms with Crippen molar-refractivity contribution in [2.75, 3.05) is 33.0 Å². The number of halogens is 1. The van der Waals surface area contributed by atoms with Crippen molar-refractivity contribution in [1.82, 2.24) is 0 Å². The number of rotatable bonds is 11. The van der Waals surface area contributed by atoms with Crippen molar-refractivity contribution in [3.8, 4) is 5.75 Å². The third-order valence-electron chi connectivity index (χ3n) is 3.52. The molecule has 0 saturated heterocycles. The number of hydrogen-bond acceptors (Lipinski definition) is 4. The van der Waals surface area contributed by atoms with E-state index in [0.717, 1.165) is 11.1 Å². The molecule has 2 rings (SSSR count). The van der Waals surface area contributed by atoms with Gasteiger partial charge in [0.2, 0.25) is 0 Å². The summed E-state index contributed by atoms with van der Waals surface area (Å²) in [7, 11) is -0.854. The molecule has 0 amide bonds. The number of alkyl halides is 1. The minimum Gasteiger partial charge on any atom is -0.491 e. The zero-order valence-electron chi connectivity index (χ0n) is 14.1. The maximum absolute atomic E-state index is 9.07. The van der Waals surface area contributed by atoms with E-state index in [9.17, 15) is 0 Å². The lowest BCUT2D eigenvalue weighted by Gasteiger charge is -2.26. The monoisotopic (exact) mass is 382 g/mol. The largest absolute Gasteiger partial charge is 0.491 e. The minimum absolute atomic E-state index is 0.0121. The van der Waals surface area contributed by atoms with Crippen molar-refractivity contribution in [1.29, 1.82) is 0 Å². The van der Waals surface area contributed by atoms with E-state index in [2.05, 4.69) is 12.1 Å². The van der Waals surface area contributed by atoms with Crippen LogP contribution in [0.25, 0.3) is 0 Å². The van der Waals surface area contributed by atoms with Crippen LogP contribution in [0.3, 0.4) is 0 Å². The third-order valence-corrected chi connectivity index (χ3v) is 6.89. The Bertz CT molecular complexity index is 611. The summed E-state index contributed by atoms with van der Waals surface area (Å²) in [5.74, 6) is 0.758. The summed E-state index contributed by atoms with van der Waals surface area (Å²) in [5, 5.41) is 20.0. The fourth-order valence-electron chi connectivity index (χ4n) is 2.45. The topological polar surface area (TPSA) is 58.9 Å². The Labute approximate surface area is 155 Å². The van der Waals surface area contributed by atoms with Crippen LogP contribution in [-0.2, 0) is 4.74 Å². The molecule has 0 radical (unpaired) electrons. The molecule has 0 aliphatic carbocycles. The van der Waals surface area contributed by atoms with Crippen molar-refractivity contribution in [3.05, 3.63) is 54.6 Å². The number of ether oxygens (including phenoxy) is 2. The molecular formula is C19H24ClO4P. The quantitative estimate of drug-likeness (QED) is 0.356. The second-order valence-electron chi connectivity index (χ2n) is 5.30. The first kappa shape index (κ1) is 20.2. The molecule has 0 aliphatic rings. The Kier molecular flexibility index (Phi) is 9.23. The van der Waals surface area contributed by atoms with Crippen LogP contribution in [0.1, 0.15) is 6.42 Å². The van der Waals surface area contributed by atoms with E-state index in [1.165, 1.54) is 5.30 Å². The maximum atomic E-state index is 9.07. The minimum atomic E-state index is -0.854. The predicted molar refractivity (Wildman–Crippen MR) is 104 cm³/mol. The molecule has 2 unspecified atom stereocenters. The highest BCUT2D eigenvalue weighted by molar-refractivity contribution is 7.75. The van der Waals surface area contributed by atoms with Gasteiger partial charge in [-0.1, -0.05) is 48.5 Å². The second-order valence-corrected chi connectivity index (χ2v) is 8.50. The van der Waals surface area contributed by atoms with Gasteiger partial charge < -0.3 is 19.7 Å². The number of para-hydroxylation sites is 1. The average molecular weight is 383 g/mol. The van der Waals surface area contributed by atoms with Gasteiger partial charge in [-0.15, -0.1) is 11.6 Å². The van der Waals surface area contributed by atoms with Gasteiger partial charge >= 0.3 is 0 Å². The molecule has 0 fully saturated rings. The first-order valence-corrected chi connectivity index (χ1v) is 10.1. The summed E-state index contributed by atoms with van der Waals surface area (Å²) < 4.78 is 11.1. The van der Waals surface area contributed by atoms with Crippen LogP contribution in [-0.4, -0.2) is 48.4 Å². The molecule has 2 aromatic carbocycles.